The molecule has 3 rings (SSSR count). The van der Waals surface area contributed by atoms with Gasteiger partial charge in [-0.2, -0.15) is 5.26 Å². The minimum Gasteiger partial charge on any atom is -0.287 e. The predicted octanol–water partition coefficient (Wildman–Crippen LogP) is 3.93. The molecule has 0 aliphatic rings. The van der Waals surface area contributed by atoms with E-state index in [9.17, 15) is 4.79 Å². The fourth-order valence-corrected chi connectivity index (χ4v) is 4.36. The van der Waals surface area contributed by atoms with Crippen LogP contribution < -0.4 is 5.56 Å². The highest BCUT2D eigenvalue weighted by Crippen LogP contribution is 2.28. The van der Waals surface area contributed by atoms with Crippen molar-refractivity contribution in [3.8, 4) is 6.07 Å². The number of thioether (sulfide) groups is 1. The topological polar surface area (TPSA) is 58.7 Å². The minimum atomic E-state index is -0.00165. The summed E-state index contributed by atoms with van der Waals surface area (Å²) in [5.41, 5.74) is 2.19. The number of nitriles is 1. The molecule has 0 saturated heterocycles. The largest absolute Gasteiger partial charge is 0.287 e. The first kappa shape index (κ1) is 16.7. The van der Waals surface area contributed by atoms with Crippen molar-refractivity contribution in [3.05, 3.63) is 56.7 Å². The van der Waals surface area contributed by atoms with E-state index in [2.05, 4.69) is 23.2 Å². The average molecular weight is 355 g/mol. The number of nitrogens with zero attached hydrogens (tertiary/aromatic N) is 3. The summed E-state index contributed by atoms with van der Waals surface area (Å²) in [5.74, 6) is 0.284. The molecule has 1 aromatic carbocycles. The molecule has 4 nitrogen and oxygen atoms in total. The van der Waals surface area contributed by atoms with Gasteiger partial charge in [0.2, 0.25) is 0 Å². The van der Waals surface area contributed by atoms with Gasteiger partial charge in [0.05, 0.1) is 17.2 Å². The molecule has 122 valence electrons. The number of aromatic nitrogens is 2. The third-order valence-electron chi connectivity index (χ3n) is 3.99. The van der Waals surface area contributed by atoms with Crippen LogP contribution in [0.4, 0.5) is 0 Å². The van der Waals surface area contributed by atoms with Gasteiger partial charge in [0.1, 0.15) is 4.83 Å². The van der Waals surface area contributed by atoms with Gasteiger partial charge in [-0.25, -0.2) is 4.98 Å². The Kier molecular flexibility index (Phi) is 5.03. The quantitative estimate of drug-likeness (QED) is 0.514. The Morgan fingerprint density at radius 1 is 1.29 bits per heavy atom. The summed E-state index contributed by atoms with van der Waals surface area (Å²) in [6.45, 7) is 4.55. The van der Waals surface area contributed by atoms with Gasteiger partial charge in [0.15, 0.2) is 5.16 Å². The third kappa shape index (κ3) is 3.23. The van der Waals surface area contributed by atoms with Crippen molar-refractivity contribution in [1.29, 1.82) is 5.26 Å². The monoisotopic (exact) mass is 355 g/mol. The van der Waals surface area contributed by atoms with Gasteiger partial charge in [-0.15, -0.1) is 11.3 Å². The Morgan fingerprint density at radius 3 is 2.75 bits per heavy atom. The van der Waals surface area contributed by atoms with Crippen molar-refractivity contribution in [1.82, 2.24) is 9.55 Å². The first-order valence-electron chi connectivity index (χ1n) is 7.66. The van der Waals surface area contributed by atoms with E-state index in [1.807, 2.05) is 32.0 Å². The summed E-state index contributed by atoms with van der Waals surface area (Å²) < 4.78 is 1.72. The Labute approximate surface area is 148 Å². The van der Waals surface area contributed by atoms with E-state index in [1.165, 1.54) is 17.3 Å². The Bertz CT molecular complexity index is 968. The van der Waals surface area contributed by atoms with Crippen LogP contribution in [0.1, 0.15) is 16.0 Å². The SMILES string of the molecule is Cc1sc2nc(SCC#N)n(CCc3ccccc3)c(=O)c2c1C. The van der Waals surface area contributed by atoms with Crippen molar-refractivity contribution in [2.45, 2.75) is 32.0 Å². The Balaban J connectivity index is 2.05. The molecular formula is C18H17N3OS2. The van der Waals surface area contributed by atoms with E-state index in [0.717, 1.165) is 21.7 Å². The third-order valence-corrected chi connectivity index (χ3v) is 5.93. The van der Waals surface area contributed by atoms with Crippen molar-refractivity contribution in [2.75, 3.05) is 5.75 Å². The summed E-state index contributed by atoms with van der Waals surface area (Å²) in [7, 11) is 0. The zero-order valence-electron chi connectivity index (χ0n) is 13.6. The predicted molar refractivity (Wildman–Crippen MR) is 99.8 cm³/mol. The standard InChI is InChI=1S/C18H17N3OS2/c1-12-13(2)24-16-15(12)17(22)21(18(20-16)23-11-9-19)10-8-14-6-4-3-5-7-14/h3-7H,8,10-11H2,1-2H3. The van der Waals surface area contributed by atoms with Gasteiger partial charge < -0.3 is 0 Å². The minimum absolute atomic E-state index is 0.00165. The molecule has 2 aromatic heterocycles. The number of thiophene rings is 1. The fraction of sp³-hybridized carbons (Fsp3) is 0.278. The van der Waals surface area contributed by atoms with Crippen LogP contribution in [-0.2, 0) is 13.0 Å². The van der Waals surface area contributed by atoms with Gasteiger partial charge in [-0.05, 0) is 31.4 Å². The zero-order chi connectivity index (χ0) is 17.1. The number of hydrogen-bond donors (Lipinski definition) is 0. The number of fused-ring (bicyclic) bond motifs is 1. The molecule has 0 bridgehead atoms. The summed E-state index contributed by atoms with van der Waals surface area (Å²) in [5, 5.41) is 10.2. The lowest BCUT2D eigenvalue weighted by Gasteiger charge is -2.11. The maximum atomic E-state index is 13.0. The van der Waals surface area contributed by atoms with Gasteiger partial charge in [-0.3, -0.25) is 9.36 Å². The van der Waals surface area contributed by atoms with Crippen molar-refractivity contribution >= 4 is 33.3 Å². The smallest absolute Gasteiger partial charge is 0.263 e. The number of rotatable bonds is 5. The summed E-state index contributed by atoms with van der Waals surface area (Å²) in [4.78, 5) is 19.5. The van der Waals surface area contributed by atoms with Crippen LogP contribution in [-0.4, -0.2) is 15.3 Å². The molecular weight excluding hydrogens is 338 g/mol. The van der Waals surface area contributed by atoms with E-state index in [-0.39, 0.29) is 11.3 Å². The maximum Gasteiger partial charge on any atom is 0.263 e. The molecule has 0 aliphatic carbocycles. The van der Waals surface area contributed by atoms with Crippen molar-refractivity contribution in [3.63, 3.8) is 0 Å². The number of benzene rings is 1. The Morgan fingerprint density at radius 2 is 2.04 bits per heavy atom. The van der Waals surface area contributed by atoms with Crippen LogP contribution in [0.15, 0.2) is 40.3 Å². The van der Waals surface area contributed by atoms with Gasteiger partial charge in [-0.1, -0.05) is 42.1 Å². The molecule has 0 unspecified atom stereocenters. The molecule has 0 aliphatic heterocycles. The fourth-order valence-electron chi connectivity index (χ4n) is 2.60. The van der Waals surface area contributed by atoms with Crippen LogP contribution >= 0.6 is 23.1 Å². The zero-order valence-corrected chi connectivity index (χ0v) is 15.2. The van der Waals surface area contributed by atoms with Gasteiger partial charge >= 0.3 is 0 Å². The summed E-state index contributed by atoms with van der Waals surface area (Å²) in [6, 6.07) is 12.2. The summed E-state index contributed by atoms with van der Waals surface area (Å²) >= 11 is 2.87. The number of hydrogen-bond acceptors (Lipinski definition) is 5. The van der Waals surface area contributed by atoms with Gasteiger partial charge in [0.25, 0.3) is 5.56 Å². The van der Waals surface area contributed by atoms with Crippen LogP contribution in [0.2, 0.25) is 0 Å². The second-order valence-electron chi connectivity index (χ2n) is 5.50. The number of aryl methyl sites for hydroxylation is 3. The lowest BCUT2D eigenvalue weighted by atomic mass is 10.1. The molecule has 3 aromatic rings. The molecule has 6 heteroatoms. The van der Waals surface area contributed by atoms with Gasteiger partial charge in [0, 0.05) is 11.4 Å². The second-order valence-corrected chi connectivity index (χ2v) is 7.64. The molecule has 0 N–H and O–H groups in total. The highest BCUT2D eigenvalue weighted by atomic mass is 32.2. The highest BCUT2D eigenvalue weighted by Gasteiger charge is 2.16. The van der Waals surface area contributed by atoms with Crippen molar-refractivity contribution in [2.24, 2.45) is 0 Å². The molecule has 0 fully saturated rings. The molecule has 24 heavy (non-hydrogen) atoms. The molecule has 2 heterocycles. The molecule has 0 radical (unpaired) electrons. The maximum absolute atomic E-state index is 13.0. The molecule has 0 spiro atoms. The van der Waals surface area contributed by atoms with Crippen molar-refractivity contribution < 1.29 is 0 Å². The van der Waals surface area contributed by atoms with E-state index < -0.39 is 0 Å². The van der Waals surface area contributed by atoms with E-state index >= 15 is 0 Å². The molecule has 0 atom stereocenters. The molecule has 0 amide bonds. The first-order chi connectivity index (χ1) is 11.6. The van der Waals surface area contributed by atoms with E-state index in [1.54, 1.807) is 15.9 Å². The first-order valence-corrected chi connectivity index (χ1v) is 9.46. The second kappa shape index (κ2) is 7.20. The lowest BCUT2D eigenvalue weighted by Crippen LogP contribution is -2.24. The normalized spacial score (nSPS) is 10.9. The molecule has 0 saturated carbocycles. The lowest BCUT2D eigenvalue weighted by molar-refractivity contribution is 0.596. The average Bonchev–Trinajstić information content (AvgIpc) is 2.87. The van der Waals surface area contributed by atoms with E-state index in [0.29, 0.717) is 17.1 Å². The van der Waals surface area contributed by atoms with Crippen LogP contribution in [0.3, 0.4) is 0 Å². The Hall–Kier alpha value is -2.10. The van der Waals surface area contributed by atoms with Crippen LogP contribution in [0.25, 0.3) is 10.2 Å². The summed E-state index contributed by atoms with van der Waals surface area (Å²) in [6.07, 6.45) is 0.760. The van der Waals surface area contributed by atoms with Crippen LogP contribution in [0.5, 0.6) is 0 Å². The van der Waals surface area contributed by atoms with Crippen LogP contribution in [0, 0.1) is 25.2 Å². The highest BCUT2D eigenvalue weighted by molar-refractivity contribution is 7.99. The van der Waals surface area contributed by atoms with E-state index in [4.69, 9.17) is 5.26 Å².